The highest BCUT2D eigenvalue weighted by Gasteiger charge is 2.08. The van der Waals surface area contributed by atoms with E-state index in [0.717, 1.165) is 19.5 Å². The molecule has 1 aliphatic rings. The molecule has 0 aliphatic carbocycles. The molecule has 1 heterocycles. The van der Waals surface area contributed by atoms with Gasteiger partial charge >= 0.3 is 0 Å². The fourth-order valence-corrected chi connectivity index (χ4v) is 1.82. The van der Waals surface area contributed by atoms with Gasteiger partial charge in [-0.2, -0.15) is 0 Å². The number of aryl methyl sites for hydroxylation is 1. The molecular formula is C12H15N. The van der Waals surface area contributed by atoms with Gasteiger partial charge in [0.2, 0.25) is 0 Å². The molecule has 1 nitrogen and oxygen atoms in total. The Morgan fingerprint density at radius 1 is 1.31 bits per heavy atom. The number of benzene rings is 1. The molecule has 1 aromatic carbocycles. The Morgan fingerprint density at radius 3 is 2.85 bits per heavy atom. The quantitative estimate of drug-likeness (QED) is 0.723. The number of hydrogen-bond acceptors (Lipinski definition) is 1. The second-order valence-corrected chi connectivity index (χ2v) is 3.37. The molecule has 1 aromatic rings. The fraction of sp³-hybridized carbons (Fsp3) is 0.333. The molecule has 0 spiro atoms. The van der Waals surface area contributed by atoms with Gasteiger partial charge in [0.1, 0.15) is 0 Å². The van der Waals surface area contributed by atoms with Crippen LogP contribution in [0.15, 0.2) is 30.3 Å². The van der Waals surface area contributed by atoms with Crippen molar-refractivity contribution < 1.29 is 0 Å². The van der Waals surface area contributed by atoms with Gasteiger partial charge in [-0.1, -0.05) is 37.3 Å². The van der Waals surface area contributed by atoms with Crippen LogP contribution in [-0.4, -0.2) is 13.1 Å². The predicted octanol–water partition coefficient (Wildman–Crippen LogP) is 2.24. The van der Waals surface area contributed by atoms with Gasteiger partial charge < -0.3 is 5.32 Å². The van der Waals surface area contributed by atoms with Crippen molar-refractivity contribution in [3.05, 3.63) is 41.5 Å². The van der Waals surface area contributed by atoms with E-state index in [1.807, 2.05) is 0 Å². The Labute approximate surface area is 79.5 Å². The molecule has 68 valence electrons. The molecule has 13 heavy (non-hydrogen) atoms. The lowest BCUT2D eigenvalue weighted by Crippen LogP contribution is -2.08. The molecule has 0 saturated heterocycles. The zero-order chi connectivity index (χ0) is 9.10. The SMILES string of the molecule is CCc1ccccc1C1=CCNC1. The molecule has 0 amide bonds. The van der Waals surface area contributed by atoms with Crippen molar-refractivity contribution in [3.63, 3.8) is 0 Å². The fourth-order valence-electron chi connectivity index (χ4n) is 1.82. The van der Waals surface area contributed by atoms with Crippen LogP contribution in [-0.2, 0) is 6.42 Å². The molecule has 0 radical (unpaired) electrons. The smallest absolute Gasteiger partial charge is 0.0211 e. The average Bonchev–Trinajstić information content (AvgIpc) is 2.70. The first-order valence-electron chi connectivity index (χ1n) is 4.90. The van der Waals surface area contributed by atoms with Crippen molar-refractivity contribution in [1.29, 1.82) is 0 Å². The van der Waals surface area contributed by atoms with Crippen molar-refractivity contribution in [2.45, 2.75) is 13.3 Å². The minimum atomic E-state index is 1.02. The van der Waals surface area contributed by atoms with Gasteiger partial charge in [-0.05, 0) is 23.1 Å². The van der Waals surface area contributed by atoms with E-state index in [-0.39, 0.29) is 0 Å². The summed E-state index contributed by atoms with van der Waals surface area (Å²) in [6.07, 6.45) is 3.40. The maximum Gasteiger partial charge on any atom is 0.0211 e. The van der Waals surface area contributed by atoms with E-state index in [4.69, 9.17) is 0 Å². The van der Waals surface area contributed by atoms with Crippen LogP contribution in [0.3, 0.4) is 0 Å². The van der Waals surface area contributed by atoms with Crippen molar-refractivity contribution in [2.24, 2.45) is 0 Å². The summed E-state index contributed by atoms with van der Waals surface area (Å²) in [5.41, 5.74) is 4.34. The minimum Gasteiger partial charge on any atom is -0.309 e. The zero-order valence-corrected chi connectivity index (χ0v) is 8.01. The highest BCUT2D eigenvalue weighted by atomic mass is 14.9. The van der Waals surface area contributed by atoms with Crippen molar-refractivity contribution in [1.82, 2.24) is 5.32 Å². The van der Waals surface area contributed by atoms with Gasteiger partial charge in [-0.15, -0.1) is 0 Å². The summed E-state index contributed by atoms with van der Waals surface area (Å²) in [5.74, 6) is 0. The van der Waals surface area contributed by atoms with E-state index >= 15 is 0 Å². The van der Waals surface area contributed by atoms with E-state index in [1.165, 1.54) is 16.7 Å². The van der Waals surface area contributed by atoms with E-state index < -0.39 is 0 Å². The normalized spacial score (nSPS) is 15.9. The number of rotatable bonds is 2. The average molecular weight is 173 g/mol. The lowest BCUT2D eigenvalue weighted by molar-refractivity contribution is 0.896. The van der Waals surface area contributed by atoms with Gasteiger partial charge in [-0.3, -0.25) is 0 Å². The Kier molecular flexibility index (Phi) is 2.46. The van der Waals surface area contributed by atoms with Gasteiger partial charge in [0.05, 0.1) is 0 Å². The maximum absolute atomic E-state index is 3.33. The molecule has 0 unspecified atom stereocenters. The third kappa shape index (κ3) is 1.65. The first-order valence-corrected chi connectivity index (χ1v) is 4.90. The van der Waals surface area contributed by atoms with E-state index in [9.17, 15) is 0 Å². The highest BCUT2D eigenvalue weighted by Crippen LogP contribution is 2.20. The van der Waals surface area contributed by atoms with Crippen molar-refractivity contribution in [2.75, 3.05) is 13.1 Å². The molecule has 0 fully saturated rings. The molecule has 0 aromatic heterocycles. The summed E-state index contributed by atoms with van der Waals surface area (Å²) in [4.78, 5) is 0. The van der Waals surface area contributed by atoms with Crippen LogP contribution < -0.4 is 5.32 Å². The van der Waals surface area contributed by atoms with E-state index in [0.29, 0.717) is 0 Å². The summed E-state index contributed by atoms with van der Waals surface area (Å²) in [6.45, 7) is 4.26. The zero-order valence-electron chi connectivity index (χ0n) is 8.01. The standard InChI is InChI=1S/C12H15N/c1-2-10-5-3-4-6-12(10)11-7-8-13-9-11/h3-7,13H,2,8-9H2,1H3. The van der Waals surface area contributed by atoms with Crippen molar-refractivity contribution in [3.8, 4) is 0 Å². The monoisotopic (exact) mass is 173 g/mol. The second kappa shape index (κ2) is 3.75. The number of nitrogens with one attached hydrogen (secondary N) is 1. The molecule has 1 aliphatic heterocycles. The Balaban J connectivity index is 2.38. The minimum absolute atomic E-state index is 1.02. The van der Waals surface area contributed by atoms with Crippen LogP contribution >= 0.6 is 0 Å². The summed E-state index contributed by atoms with van der Waals surface area (Å²) < 4.78 is 0. The first-order chi connectivity index (χ1) is 6.42. The van der Waals surface area contributed by atoms with Crippen LogP contribution in [0.1, 0.15) is 18.1 Å². The van der Waals surface area contributed by atoms with Crippen molar-refractivity contribution >= 4 is 5.57 Å². The Hall–Kier alpha value is -1.08. The molecule has 0 saturated carbocycles. The van der Waals surface area contributed by atoms with E-state index in [2.05, 4.69) is 42.6 Å². The highest BCUT2D eigenvalue weighted by molar-refractivity contribution is 5.71. The second-order valence-electron chi connectivity index (χ2n) is 3.37. The molecule has 2 rings (SSSR count). The lowest BCUT2D eigenvalue weighted by Gasteiger charge is -2.07. The largest absolute Gasteiger partial charge is 0.309 e. The van der Waals surface area contributed by atoms with Crippen LogP contribution in [0.4, 0.5) is 0 Å². The number of hydrogen-bond donors (Lipinski definition) is 1. The predicted molar refractivity (Wildman–Crippen MR) is 56.7 cm³/mol. The molecule has 1 heteroatoms. The van der Waals surface area contributed by atoms with Crippen LogP contribution in [0.5, 0.6) is 0 Å². The van der Waals surface area contributed by atoms with Crippen LogP contribution in [0.2, 0.25) is 0 Å². The summed E-state index contributed by atoms with van der Waals surface area (Å²) in [6, 6.07) is 8.67. The lowest BCUT2D eigenvalue weighted by atomic mass is 9.99. The van der Waals surface area contributed by atoms with E-state index in [1.54, 1.807) is 0 Å². The molecule has 0 bridgehead atoms. The summed E-state index contributed by atoms with van der Waals surface area (Å²) in [5, 5.41) is 3.33. The summed E-state index contributed by atoms with van der Waals surface area (Å²) in [7, 11) is 0. The third-order valence-corrected chi connectivity index (χ3v) is 2.55. The molecular weight excluding hydrogens is 158 g/mol. The van der Waals surface area contributed by atoms with Gasteiger partial charge in [0.25, 0.3) is 0 Å². The van der Waals surface area contributed by atoms with Crippen LogP contribution in [0, 0.1) is 0 Å². The van der Waals surface area contributed by atoms with Gasteiger partial charge in [0, 0.05) is 13.1 Å². The topological polar surface area (TPSA) is 12.0 Å². The first kappa shape index (κ1) is 8.52. The molecule has 0 atom stereocenters. The Morgan fingerprint density at radius 2 is 2.15 bits per heavy atom. The maximum atomic E-state index is 3.33. The van der Waals surface area contributed by atoms with Crippen LogP contribution in [0.25, 0.3) is 5.57 Å². The van der Waals surface area contributed by atoms with Gasteiger partial charge in [-0.25, -0.2) is 0 Å². The summed E-state index contributed by atoms with van der Waals surface area (Å²) >= 11 is 0. The Bertz CT molecular complexity index is 326. The van der Waals surface area contributed by atoms with Gasteiger partial charge in [0.15, 0.2) is 0 Å². The molecule has 1 N–H and O–H groups in total. The third-order valence-electron chi connectivity index (χ3n) is 2.55.